The number of carbonyl (C=O) groups excluding carboxylic acids is 3. The van der Waals surface area contributed by atoms with Crippen LogP contribution in [0.3, 0.4) is 0 Å². The SMILES string of the molecule is CC1CC=CN2C(=C1c1ccccc1)c1c(C(=O)Nc3cccnc3N3CCC(NC(=O)CCCCNC(=O)OC(C)(C)C)CC3)[nH]c3cc(Cl)cc(c13)C2c1ccc(Cl)cc1. The molecule has 0 bridgehead atoms. The predicted molar refractivity (Wildman–Crippen MR) is 248 cm³/mol. The quantitative estimate of drug-likeness (QED) is 0.0972. The average Bonchev–Trinajstić information content (AvgIpc) is 3.53. The Labute approximate surface area is 372 Å². The minimum absolute atomic E-state index is 0.000362. The van der Waals surface area contributed by atoms with Gasteiger partial charge in [-0.25, -0.2) is 9.78 Å². The summed E-state index contributed by atoms with van der Waals surface area (Å²) in [7, 11) is 0. The maximum Gasteiger partial charge on any atom is 0.407 e. The van der Waals surface area contributed by atoms with Crippen molar-refractivity contribution >= 4 is 74.8 Å². The Kier molecular flexibility index (Phi) is 12.7. The number of hydrogen-bond acceptors (Lipinski definition) is 7. The molecule has 62 heavy (non-hydrogen) atoms. The normalized spacial score (nSPS) is 17.7. The third-order valence-electron chi connectivity index (χ3n) is 11.7. The highest BCUT2D eigenvalue weighted by molar-refractivity contribution is 6.32. The van der Waals surface area contributed by atoms with Crippen molar-refractivity contribution in [2.45, 2.75) is 83.9 Å². The van der Waals surface area contributed by atoms with E-state index in [-0.39, 0.29) is 29.8 Å². The van der Waals surface area contributed by atoms with Gasteiger partial charge < -0.3 is 35.5 Å². The number of H-pyrrole nitrogens is 1. The van der Waals surface area contributed by atoms with Gasteiger partial charge in [0.2, 0.25) is 5.91 Å². The van der Waals surface area contributed by atoms with E-state index in [0.717, 1.165) is 63.7 Å². The van der Waals surface area contributed by atoms with E-state index in [1.54, 1.807) is 6.20 Å². The number of ether oxygens (including phenoxy) is 1. The minimum Gasteiger partial charge on any atom is -0.444 e. The number of hydrogen-bond donors (Lipinski definition) is 4. The summed E-state index contributed by atoms with van der Waals surface area (Å²) in [5.41, 5.74) is 7.34. The van der Waals surface area contributed by atoms with E-state index in [2.05, 4.69) is 86.3 Å². The van der Waals surface area contributed by atoms with Crippen LogP contribution in [0.25, 0.3) is 22.2 Å². The summed E-state index contributed by atoms with van der Waals surface area (Å²) >= 11 is 13.3. The Balaban J connectivity index is 1.04. The first-order chi connectivity index (χ1) is 29.8. The number of rotatable bonds is 11. The van der Waals surface area contributed by atoms with Gasteiger partial charge in [0.05, 0.1) is 17.4 Å². The van der Waals surface area contributed by atoms with Crippen molar-refractivity contribution in [3.05, 3.63) is 135 Å². The number of piperidine rings is 1. The molecule has 5 heterocycles. The Morgan fingerprint density at radius 3 is 2.44 bits per heavy atom. The summed E-state index contributed by atoms with van der Waals surface area (Å²) < 4.78 is 5.27. The first-order valence-electron chi connectivity index (χ1n) is 21.5. The van der Waals surface area contributed by atoms with Gasteiger partial charge in [0.1, 0.15) is 11.3 Å². The Hall–Kier alpha value is -5.78. The fourth-order valence-electron chi connectivity index (χ4n) is 8.93. The molecule has 11 nitrogen and oxygen atoms in total. The zero-order valence-electron chi connectivity index (χ0n) is 35.6. The summed E-state index contributed by atoms with van der Waals surface area (Å²) in [6, 6.07) is 25.8. The van der Waals surface area contributed by atoms with Crippen molar-refractivity contribution < 1.29 is 19.1 Å². The number of anilines is 2. The van der Waals surface area contributed by atoms with Crippen molar-refractivity contribution in [1.29, 1.82) is 0 Å². The molecule has 2 unspecified atom stereocenters. The first-order valence-corrected chi connectivity index (χ1v) is 22.2. The highest BCUT2D eigenvalue weighted by atomic mass is 35.5. The van der Waals surface area contributed by atoms with Gasteiger partial charge in [-0.3, -0.25) is 9.59 Å². The van der Waals surface area contributed by atoms with E-state index in [1.165, 1.54) is 0 Å². The van der Waals surface area contributed by atoms with Gasteiger partial charge >= 0.3 is 6.09 Å². The fraction of sp³-hybridized carbons (Fsp3) is 0.347. The van der Waals surface area contributed by atoms with Gasteiger partial charge in [0.15, 0.2) is 5.82 Å². The molecule has 3 aliphatic heterocycles. The second kappa shape index (κ2) is 18.3. The molecule has 1 fully saturated rings. The van der Waals surface area contributed by atoms with E-state index < -0.39 is 11.7 Å². The molecule has 13 heteroatoms. The molecular formula is C49H53Cl2N7O4. The molecular weight excluding hydrogens is 821 g/mol. The minimum atomic E-state index is -0.552. The van der Waals surface area contributed by atoms with Crippen molar-refractivity contribution in [3.8, 4) is 0 Å². The molecule has 0 saturated carbocycles. The molecule has 3 aliphatic rings. The second-order valence-corrected chi connectivity index (χ2v) is 18.2. The maximum atomic E-state index is 14.9. The molecule has 3 aromatic carbocycles. The molecule has 2 atom stereocenters. The van der Waals surface area contributed by atoms with Gasteiger partial charge in [-0.05, 0) is 117 Å². The van der Waals surface area contributed by atoms with E-state index in [4.69, 9.17) is 32.9 Å². The zero-order valence-corrected chi connectivity index (χ0v) is 37.1. The van der Waals surface area contributed by atoms with Crippen LogP contribution >= 0.6 is 23.2 Å². The third kappa shape index (κ3) is 9.34. The van der Waals surface area contributed by atoms with Crippen LogP contribution in [-0.4, -0.2) is 64.1 Å². The van der Waals surface area contributed by atoms with E-state index in [0.29, 0.717) is 66.1 Å². The van der Waals surface area contributed by atoms with Gasteiger partial charge in [-0.2, -0.15) is 0 Å². The molecule has 2 aromatic heterocycles. The van der Waals surface area contributed by atoms with E-state index >= 15 is 0 Å². The summed E-state index contributed by atoms with van der Waals surface area (Å²) in [4.78, 5) is 52.4. The summed E-state index contributed by atoms with van der Waals surface area (Å²) in [5.74, 6) is 0.526. The standard InChI is InChI=1S/C49H53Cl2N7O4/c1-30-12-11-25-58-44(32-17-19-33(50)20-18-32)36-28-34(51)29-38-41(36)42(45(58)40(30)31-13-6-5-7-14-31)43(55-38)47(60)56-37-15-10-24-52-46(37)57-26-21-35(22-27-57)54-39(59)16-8-9-23-53-48(61)62-49(2,3)4/h5-7,10-11,13-15,17-20,24-25,28-30,35,44,55H,8-9,12,16,21-23,26-27H2,1-4H3,(H,53,61)(H,54,59)(H,56,60). The number of benzene rings is 3. The van der Waals surface area contributed by atoms with Gasteiger partial charge in [-0.15, -0.1) is 0 Å². The molecule has 0 radical (unpaired) electrons. The zero-order chi connectivity index (χ0) is 43.5. The molecule has 322 valence electrons. The van der Waals surface area contributed by atoms with Gasteiger partial charge in [-0.1, -0.05) is 78.7 Å². The van der Waals surface area contributed by atoms with Crippen LogP contribution in [0.5, 0.6) is 0 Å². The number of fused-ring (bicyclic) bond motifs is 2. The fourth-order valence-corrected chi connectivity index (χ4v) is 9.28. The number of nitrogens with one attached hydrogen (secondary N) is 4. The summed E-state index contributed by atoms with van der Waals surface area (Å²) in [6.45, 7) is 9.47. The predicted octanol–water partition coefficient (Wildman–Crippen LogP) is 10.7. The highest BCUT2D eigenvalue weighted by Gasteiger charge is 2.40. The average molecular weight is 875 g/mol. The van der Waals surface area contributed by atoms with Crippen molar-refractivity contribution in [2.24, 2.45) is 5.92 Å². The van der Waals surface area contributed by atoms with E-state index in [9.17, 15) is 14.4 Å². The summed E-state index contributed by atoms with van der Waals surface area (Å²) in [5, 5.41) is 11.4. The third-order valence-corrected chi connectivity index (χ3v) is 12.1. The van der Waals surface area contributed by atoms with Crippen LogP contribution in [0.4, 0.5) is 16.3 Å². The lowest BCUT2D eigenvalue weighted by Crippen LogP contribution is -2.45. The Bertz CT molecular complexity index is 2520. The first kappa shape index (κ1) is 42.9. The van der Waals surface area contributed by atoms with Crippen LogP contribution in [0.2, 0.25) is 10.0 Å². The van der Waals surface area contributed by atoms with Gasteiger partial charge in [0, 0.05) is 71.0 Å². The van der Waals surface area contributed by atoms with Crippen molar-refractivity contribution in [3.63, 3.8) is 0 Å². The molecule has 1 saturated heterocycles. The Morgan fingerprint density at radius 2 is 1.69 bits per heavy atom. The van der Waals surface area contributed by atoms with Crippen LogP contribution in [0, 0.1) is 5.92 Å². The number of carbonyl (C=O) groups is 3. The van der Waals surface area contributed by atoms with Gasteiger partial charge in [0.25, 0.3) is 5.91 Å². The smallest absolute Gasteiger partial charge is 0.407 e. The highest BCUT2D eigenvalue weighted by Crippen LogP contribution is 2.53. The van der Waals surface area contributed by atoms with Crippen molar-refractivity contribution in [1.82, 2.24) is 25.5 Å². The lowest BCUT2D eigenvalue weighted by atomic mass is 9.82. The summed E-state index contributed by atoms with van der Waals surface area (Å²) in [6.07, 6.45) is 9.67. The van der Waals surface area contributed by atoms with E-state index in [1.807, 2.05) is 63.2 Å². The number of alkyl carbamates (subject to hydrolysis) is 1. The lowest BCUT2D eigenvalue weighted by molar-refractivity contribution is -0.122. The lowest BCUT2D eigenvalue weighted by Gasteiger charge is -2.39. The number of allylic oxidation sites excluding steroid dienone is 2. The maximum absolute atomic E-state index is 14.9. The number of halogens is 2. The monoisotopic (exact) mass is 873 g/mol. The number of amides is 3. The Morgan fingerprint density at radius 1 is 0.935 bits per heavy atom. The molecule has 4 N–H and O–H groups in total. The number of aromatic amines is 1. The molecule has 0 spiro atoms. The number of unbranched alkanes of at least 4 members (excludes halogenated alkanes) is 1. The molecule has 8 rings (SSSR count). The molecule has 3 amide bonds. The number of aromatic nitrogens is 2. The number of pyridine rings is 1. The van der Waals surface area contributed by atoms with Crippen LogP contribution < -0.4 is 20.9 Å². The van der Waals surface area contributed by atoms with Crippen molar-refractivity contribution in [2.75, 3.05) is 29.9 Å². The molecule has 5 aromatic rings. The van der Waals surface area contributed by atoms with Crippen LogP contribution in [0.15, 0.2) is 97.3 Å². The van der Waals surface area contributed by atoms with Crippen LogP contribution in [0.1, 0.15) is 105 Å². The number of nitrogens with zero attached hydrogens (tertiary/aromatic N) is 3. The molecule has 0 aliphatic carbocycles. The van der Waals surface area contributed by atoms with Crippen LogP contribution in [-0.2, 0) is 9.53 Å². The largest absolute Gasteiger partial charge is 0.444 e. The topological polar surface area (TPSA) is 132 Å². The second-order valence-electron chi connectivity index (χ2n) is 17.3.